The summed E-state index contributed by atoms with van der Waals surface area (Å²) in [5.41, 5.74) is 3.04. The normalized spacial score (nSPS) is 22.0. The van der Waals surface area contributed by atoms with Crippen molar-refractivity contribution < 1.29 is 13.2 Å². The van der Waals surface area contributed by atoms with Crippen LogP contribution in [0.25, 0.3) is 11.6 Å². The predicted molar refractivity (Wildman–Crippen MR) is 115 cm³/mol. The van der Waals surface area contributed by atoms with E-state index in [4.69, 9.17) is 0 Å². The van der Waals surface area contributed by atoms with Crippen molar-refractivity contribution >= 4 is 11.6 Å². The summed E-state index contributed by atoms with van der Waals surface area (Å²) >= 11 is 0. The molecular weight excluding hydrogens is 385 g/mol. The molecule has 2 aromatic rings. The molecule has 30 heavy (non-hydrogen) atoms. The molecule has 0 bridgehead atoms. The molecule has 2 heterocycles. The molecule has 0 saturated heterocycles. The SMILES string of the molecule is C/C=C/c1cc(F)c([C@@H]2C3=C(C[C@@H](C)N2CC(C)(C)F)c2ccccc2C3)c(F)n1. The third kappa shape index (κ3) is 3.71. The number of aromatic nitrogens is 1. The smallest absolute Gasteiger partial charge is 0.221 e. The summed E-state index contributed by atoms with van der Waals surface area (Å²) in [6.45, 7) is 6.86. The van der Waals surface area contributed by atoms with Crippen molar-refractivity contribution in [2.75, 3.05) is 6.54 Å². The lowest BCUT2D eigenvalue weighted by molar-refractivity contribution is 0.0674. The summed E-state index contributed by atoms with van der Waals surface area (Å²) in [6.07, 6.45) is 4.60. The third-order valence-corrected chi connectivity index (χ3v) is 5.99. The monoisotopic (exact) mass is 412 g/mol. The van der Waals surface area contributed by atoms with Crippen molar-refractivity contribution in [2.45, 2.75) is 58.3 Å². The number of benzene rings is 1. The molecule has 1 aromatic carbocycles. The van der Waals surface area contributed by atoms with Gasteiger partial charge < -0.3 is 0 Å². The first-order valence-corrected chi connectivity index (χ1v) is 10.4. The van der Waals surface area contributed by atoms with Crippen LogP contribution in [0.1, 0.15) is 62.5 Å². The lowest BCUT2D eigenvalue weighted by atomic mass is 9.84. The first kappa shape index (κ1) is 20.9. The number of alkyl halides is 1. The van der Waals surface area contributed by atoms with E-state index in [1.807, 2.05) is 24.0 Å². The zero-order chi connectivity index (χ0) is 21.6. The van der Waals surface area contributed by atoms with Gasteiger partial charge in [-0.1, -0.05) is 30.3 Å². The molecule has 1 aliphatic carbocycles. The molecule has 0 N–H and O–H groups in total. The summed E-state index contributed by atoms with van der Waals surface area (Å²) in [5, 5.41) is 0. The van der Waals surface area contributed by atoms with Crippen LogP contribution in [0.3, 0.4) is 0 Å². The molecule has 1 aromatic heterocycles. The number of fused-ring (bicyclic) bond motifs is 2. The van der Waals surface area contributed by atoms with Crippen LogP contribution in [-0.2, 0) is 6.42 Å². The maximum absolute atomic E-state index is 15.3. The lowest BCUT2D eigenvalue weighted by Crippen LogP contribution is -2.47. The highest BCUT2D eigenvalue weighted by Gasteiger charge is 2.43. The van der Waals surface area contributed by atoms with Crippen LogP contribution < -0.4 is 0 Å². The molecule has 2 atom stereocenters. The van der Waals surface area contributed by atoms with E-state index in [1.165, 1.54) is 19.9 Å². The number of halogens is 3. The van der Waals surface area contributed by atoms with Gasteiger partial charge in [-0.15, -0.1) is 0 Å². The maximum Gasteiger partial charge on any atom is 0.221 e. The third-order valence-electron chi connectivity index (χ3n) is 5.99. The average Bonchev–Trinajstić information content (AvgIpc) is 3.01. The second-order valence-electron chi connectivity index (χ2n) is 8.92. The van der Waals surface area contributed by atoms with Crippen molar-refractivity contribution in [3.63, 3.8) is 0 Å². The Hall–Kier alpha value is -2.40. The first-order chi connectivity index (χ1) is 14.2. The number of allylic oxidation sites excluding steroid dienone is 1. The average molecular weight is 412 g/mol. The number of rotatable bonds is 4. The fourth-order valence-corrected chi connectivity index (χ4v) is 4.86. The van der Waals surface area contributed by atoms with E-state index < -0.39 is 23.5 Å². The van der Waals surface area contributed by atoms with Crippen molar-refractivity contribution in [2.24, 2.45) is 0 Å². The first-order valence-electron chi connectivity index (χ1n) is 10.4. The highest BCUT2D eigenvalue weighted by Crippen LogP contribution is 2.49. The Morgan fingerprint density at radius 2 is 1.97 bits per heavy atom. The summed E-state index contributed by atoms with van der Waals surface area (Å²) in [7, 11) is 0. The highest BCUT2D eigenvalue weighted by molar-refractivity contribution is 5.79. The van der Waals surface area contributed by atoms with Gasteiger partial charge in [-0.2, -0.15) is 4.39 Å². The minimum Gasteiger partial charge on any atom is -0.286 e. The largest absolute Gasteiger partial charge is 0.286 e. The summed E-state index contributed by atoms with van der Waals surface area (Å²) in [4.78, 5) is 5.89. The molecular formula is C25H27F3N2. The molecule has 4 rings (SSSR count). The summed E-state index contributed by atoms with van der Waals surface area (Å²) < 4.78 is 45.2. The van der Waals surface area contributed by atoms with Crippen LogP contribution in [0, 0.1) is 11.8 Å². The van der Waals surface area contributed by atoms with E-state index in [-0.39, 0.29) is 23.8 Å². The molecule has 1 aliphatic heterocycles. The second-order valence-corrected chi connectivity index (χ2v) is 8.92. The fourth-order valence-electron chi connectivity index (χ4n) is 4.86. The van der Waals surface area contributed by atoms with E-state index in [0.717, 1.165) is 28.7 Å². The van der Waals surface area contributed by atoms with Crippen LogP contribution in [0.2, 0.25) is 0 Å². The lowest BCUT2D eigenvalue weighted by Gasteiger charge is -2.44. The van der Waals surface area contributed by atoms with Crippen LogP contribution >= 0.6 is 0 Å². The van der Waals surface area contributed by atoms with Crippen molar-refractivity contribution in [1.82, 2.24) is 9.88 Å². The van der Waals surface area contributed by atoms with E-state index in [1.54, 1.807) is 19.1 Å². The van der Waals surface area contributed by atoms with Gasteiger partial charge in [0.05, 0.1) is 17.3 Å². The zero-order valence-electron chi connectivity index (χ0n) is 17.8. The number of hydrogen-bond donors (Lipinski definition) is 0. The Balaban J connectivity index is 1.89. The van der Waals surface area contributed by atoms with E-state index in [0.29, 0.717) is 6.42 Å². The van der Waals surface area contributed by atoms with E-state index in [9.17, 15) is 4.39 Å². The minimum atomic E-state index is -1.50. The molecule has 0 fully saturated rings. The van der Waals surface area contributed by atoms with Crippen molar-refractivity contribution in [3.05, 3.63) is 76.1 Å². The van der Waals surface area contributed by atoms with Crippen LogP contribution in [0.5, 0.6) is 0 Å². The van der Waals surface area contributed by atoms with Gasteiger partial charge in [0.1, 0.15) is 11.5 Å². The molecule has 0 amide bonds. The molecule has 0 spiro atoms. The van der Waals surface area contributed by atoms with E-state index >= 15 is 8.78 Å². The number of pyridine rings is 1. The molecule has 158 valence electrons. The Labute approximate surface area is 176 Å². The highest BCUT2D eigenvalue weighted by atomic mass is 19.1. The van der Waals surface area contributed by atoms with Crippen molar-refractivity contribution in [1.29, 1.82) is 0 Å². The number of nitrogens with zero attached hydrogens (tertiary/aromatic N) is 2. The van der Waals surface area contributed by atoms with Gasteiger partial charge in [0.15, 0.2) is 0 Å². The number of hydrogen-bond acceptors (Lipinski definition) is 2. The Kier molecular flexibility index (Phi) is 5.35. The van der Waals surface area contributed by atoms with Crippen LogP contribution in [-0.4, -0.2) is 28.1 Å². The van der Waals surface area contributed by atoms with Gasteiger partial charge >= 0.3 is 0 Å². The second kappa shape index (κ2) is 7.69. The van der Waals surface area contributed by atoms with Gasteiger partial charge in [-0.25, -0.2) is 13.8 Å². The topological polar surface area (TPSA) is 16.1 Å². The molecule has 0 radical (unpaired) electrons. The summed E-state index contributed by atoms with van der Waals surface area (Å²) in [5.74, 6) is -1.47. The Morgan fingerprint density at radius 3 is 2.63 bits per heavy atom. The maximum atomic E-state index is 15.3. The standard InChI is InChI=1S/C25H27F3N2/c1-5-8-17-13-21(26)22(24(27)29-17)23-20-12-16-9-6-7-10-18(16)19(20)11-15(2)30(23)14-25(3,4)28/h5-10,13,15,23H,11-12,14H2,1-4H3/b8-5+/t15-,23+/m1/s1. The Morgan fingerprint density at radius 1 is 1.23 bits per heavy atom. The zero-order valence-corrected chi connectivity index (χ0v) is 17.8. The Bertz CT molecular complexity index is 1010. The van der Waals surface area contributed by atoms with Crippen LogP contribution in [0.15, 0.2) is 42.0 Å². The van der Waals surface area contributed by atoms with Gasteiger partial charge in [-0.05, 0) is 68.9 Å². The van der Waals surface area contributed by atoms with Crippen molar-refractivity contribution in [3.8, 4) is 0 Å². The minimum absolute atomic E-state index is 0.0658. The van der Waals surface area contributed by atoms with Gasteiger partial charge in [-0.3, -0.25) is 4.90 Å². The van der Waals surface area contributed by atoms with E-state index in [2.05, 4.69) is 17.1 Å². The predicted octanol–water partition coefficient (Wildman–Crippen LogP) is 6.29. The quantitative estimate of drug-likeness (QED) is 0.549. The molecule has 5 heteroatoms. The molecule has 0 saturated carbocycles. The van der Waals surface area contributed by atoms with Gasteiger partial charge in [0, 0.05) is 18.7 Å². The molecule has 0 unspecified atom stereocenters. The van der Waals surface area contributed by atoms with Crippen LogP contribution in [0.4, 0.5) is 13.2 Å². The molecule has 2 aliphatic rings. The molecule has 2 nitrogen and oxygen atoms in total. The van der Waals surface area contributed by atoms with Gasteiger partial charge in [0.25, 0.3) is 0 Å². The fraction of sp³-hybridized carbons (Fsp3) is 0.400. The summed E-state index contributed by atoms with van der Waals surface area (Å²) in [6, 6.07) is 8.60. The van der Waals surface area contributed by atoms with Gasteiger partial charge in [0.2, 0.25) is 5.95 Å².